The van der Waals surface area contributed by atoms with Crippen LogP contribution in [0.4, 0.5) is 9.18 Å². The number of amides is 3. The minimum atomic E-state index is -0.694. The molecule has 1 aromatic rings. The van der Waals surface area contributed by atoms with Crippen LogP contribution in [0.5, 0.6) is 0 Å². The molecule has 1 aliphatic heterocycles. The maximum atomic E-state index is 12.1. The van der Waals surface area contributed by atoms with E-state index in [4.69, 9.17) is 0 Å². The Morgan fingerprint density at radius 2 is 2.00 bits per heavy atom. The number of urea groups is 1. The van der Waals surface area contributed by atoms with Crippen molar-refractivity contribution >= 4 is 11.9 Å². The minimum absolute atomic E-state index is 0.0359. The van der Waals surface area contributed by atoms with Crippen LogP contribution in [0.1, 0.15) is 31.7 Å². The van der Waals surface area contributed by atoms with Crippen molar-refractivity contribution in [3.8, 4) is 0 Å². The topological polar surface area (TPSA) is 73.5 Å². The van der Waals surface area contributed by atoms with E-state index in [9.17, 15) is 14.0 Å². The van der Waals surface area contributed by atoms with Gasteiger partial charge in [-0.25, -0.2) is 9.18 Å². The van der Waals surface area contributed by atoms with Gasteiger partial charge in [0.1, 0.15) is 12.7 Å². The number of rotatable bonds is 8. The molecule has 0 aliphatic carbocycles. The fourth-order valence-corrected chi connectivity index (χ4v) is 3.34. The summed E-state index contributed by atoms with van der Waals surface area (Å²) in [6.07, 6.45) is 3.40. The third kappa shape index (κ3) is 7.95. The lowest BCUT2D eigenvalue weighted by molar-refractivity contribution is -0.122. The molecule has 2 rings (SSSR count). The monoisotopic (exact) mass is 378 g/mol. The molecule has 0 bridgehead atoms. The number of hydrogen-bond acceptors (Lipinski definition) is 3. The zero-order chi connectivity index (χ0) is 19.5. The predicted octanol–water partition coefficient (Wildman–Crippen LogP) is 2.06. The van der Waals surface area contributed by atoms with Gasteiger partial charge >= 0.3 is 6.03 Å². The lowest BCUT2D eigenvalue weighted by Crippen LogP contribution is -2.49. The summed E-state index contributed by atoms with van der Waals surface area (Å²) in [5.41, 5.74) is 1.30. The number of nitrogens with zero attached hydrogens (tertiary/aromatic N) is 1. The van der Waals surface area contributed by atoms with Crippen molar-refractivity contribution in [2.45, 2.75) is 38.8 Å². The molecule has 0 radical (unpaired) electrons. The second kappa shape index (κ2) is 11.5. The molecule has 0 spiro atoms. The van der Waals surface area contributed by atoms with Crippen LogP contribution in [0.2, 0.25) is 0 Å². The Labute approximate surface area is 160 Å². The molecule has 7 heteroatoms. The number of carbonyl (C=O) groups excluding carboxylic acids is 2. The number of alkyl halides is 1. The Hall–Kier alpha value is -2.15. The molecule has 0 saturated carbocycles. The zero-order valence-corrected chi connectivity index (χ0v) is 16.0. The number of carbonyl (C=O) groups is 2. The molecule has 1 heterocycles. The van der Waals surface area contributed by atoms with Crippen molar-refractivity contribution in [3.05, 3.63) is 35.9 Å². The largest absolute Gasteiger partial charge is 0.352 e. The fourth-order valence-electron chi connectivity index (χ4n) is 3.34. The zero-order valence-electron chi connectivity index (χ0n) is 16.0. The first-order valence-corrected chi connectivity index (χ1v) is 9.72. The first-order chi connectivity index (χ1) is 13.1. The first kappa shape index (κ1) is 21.2. The Morgan fingerprint density at radius 1 is 1.22 bits per heavy atom. The highest BCUT2D eigenvalue weighted by Gasteiger charge is 2.20. The molecule has 0 aromatic heterocycles. The third-order valence-electron chi connectivity index (χ3n) is 4.79. The average molecular weight is 378 g/mol. The van der Waals surface area contributed by atoms with Crippen molar-refractivity contribution < 1.29 is 14.0 Å². The van der Waals surface area contributed by atoms with E-state index < -0.39 is 12.7 Å². The van der Waals surface area contributed by atoms with Crippen LogP contribution in [0, 0.1) is 5.92 Å². The van der Waals surface area contributed by atoms with E-state index in [1.165, 1.54) is 12.0 Å². The Kier molecular flexibility index (Phi) is 9.04. The van der Waals surface area contributed by atoms with Crippen LogP contribution in [-0.2, 0) is 11.3 Å². The summed E-state index contributed by atoms with van der Waals surface area (Å²) in [6.45, 7) is 4.45. The van der Waals surface area contributed by atoms with Gasteiger partial charge in [-0.05, 0) is 37.8 Å². The highest BCUT2D eigenvalue weighted by Crippen LogP contribution is 2.18. The van der Waals surface area contributed by atoms with Gasteiger partial charge in [0, 0.05) is 26.2 Å². The summed E-state index contributed by atoms with van der Waals surface area (Å²) in [5.74, 6) is 0.00364. The quantitative estimate of drug-likeness (QED) is 0.648. The molecule has 3 N–H and O–H groups in total. The van der Waals surface area contributed by atoms with Gasteiger partial charge in [-0.3, -0.25) is 9.69 Å². The minimum Gasteiger partial charge on any atom is -0.352 e. The van der Waals surface area contributed by atoms with Crippen molar-refractivity contribution in [3.63, 3.8) is 0 Å². The van der Waals surface area contributed by atoms with Gasteiger partial charge < -0.3 is 16.0 Å². The van der Waals surface area contributed by atoms with Crippen LogP contribution in [0.25, 0.3) is 0 Å². The standard InChI is InChI=1S/C20H31FN4O2/c1-16(19(26)22-11-10-21)24-20(27)23-13-18-9-5-6-12-25(15-18)14-17-7-3-2-4-8-17/h2-4,7-8,16,18H,5-6,9-15H2,1H3,(H,22,26)(H2,23,24,27). The van der Waals surface area contributed by atoms with E-state index in [0.29, 0.717) is 12.5 Å². The molecule has 1 fully saturated rings. The van der Waals surface area contributed by atoms with Gasteiger partial charge in [-0.15, -0.1) is 0 Å². The van der Waals surface area contributed by atoms with Gasteiger partial charge in [-0.1, -0.05) is 36.8 Å². The van der Waals surface area contributed by atoms with Gasteiger partial charge in [0.05, 0.1) is 0 Å². The molecular formula is C20H31FN4O2. The third-order valence-corrected chi connectivity index (χ3v) is 4.79. The maximum Gasteiger partial charge on any atom is 0.315 e. The molecule has 27 heavy (non-hydrogen) atoms. The number of halogens is 1. The smallest absolute Gasteiger partial charge is 0.315 e. The lowest BCUT2D eigenvalue weighted by atomic mass is 10.0. The van der Waals surface area contributed by atoms with Crippen LogP contribution < -0.4 is 16.0 Å². The number of benzene rings is 1. The van der Waals surface area contributed by atoms with E-state index in [-0.39, 0.29) is 18.5 Å². The molecule has 1 aliphatic rings. The summed E-state index contributed by atoms with van der Waals surface area (Å²) < 4.78 is 12.1. The number of likely N-dealkylation sites (tertiary alicyclic amines) is 1. The normalized spacial score (nSPS) is 19.0. The fraction of sp³-hybridized carbons (Fsp3) is 0.600. The van der Waals surface area contributed by atoms with E-state index in [1.54, 1.807) is 6.92 Å². The van der Waals surface area contributed by atoms with E-state index in [1.807, 2.05) is 6.07 Å². The molecule has 2 unspecified atom stereocenters. The summed E-state index contributed by atoms with van der Waals surface area (Å²) in [7, 11) is 0. The van der Waals surface area contributed by atoms with E-state index >= 15 is 0 Å². The van der Waals surface area contributed by atoms with Gasteiger partial charge in [0.25, 0.3) is 0 Å². The highest BCUT2D eigenvalue weighted by atomic mass is 19.1. The van der Waals surface area contributed by atoms with Crippen molar-refractivity contribution in [1.82, 2.24) is 20.9 Å². The Morgan fingerprint density at radius 3 is 2.74 bits per heavy atom. The lowest BCUT2D eigenvalue weighted by Gasteiger charge is -2.25. The van der Waals surface area contributed by atoms with Gasteiger partial charge in [0.15, 0.2) is 0 Å². The Bertz CT molecular complexity index is 585. The highest BCUT2D eigenvalue weighted by molar-refractivity contribution is 5.86. The summed E-state index contributed by atoms with van der Waals surface area (Å²) in [5, 5.41) is 7.89. The van der Waals surface area contributed by atoms with Crippen LogP contribution >= 0.6 is 0 Å². The van der Waals surface area contributed by atoms with Gasteiger partial charge in [0.2, 0.25) is 5.91 Å². The number of hydrogen-bond donors (Lipinski definition) is 3. The average Bonchev–Trinajstić information content (AvgIpc) is 2.90. The molecule has 2 atom stereocenters. The second-order valence-electron chi connectivity index (χ2n) is 7.14. The SMILES string of the molecule is CC(NC(=O)NCC1CCCCN(Cc2ccccc2)C1)C(=O)NCCF. The molecular weight excluding hydrogens is 347 g/mol. The van der Waals surface area contributed by atoms with Crippen LogP contribution in [0.3, 0.4) is 0 Å². The molecule has 6 nitrogen and oxygen atoms in total. The van der Waals surface area contributed by atoms with Crippen LogP contribution in [-0.4, -0.2) is 55.7 Å². The van der Waals surface area contributed by atoms with E-state index in [2.05, 4.69) is 45.1 Å². The first-order valence-electron chi connectivity index (χ1n) is 9.72. The number of nitrogens with one attached hydrogen (secondary N) is 3. The maximum absolute atomic E-state index is 12.1. The molecule has 1 saturated heterocycles. The molecule has 3 amide bonds. The van der Waals surface area contributed by atoms with Gasteiger partial charge in [-0.2, -0.15) is 0 Å². The molecule has 1 aromatic carbocycles. The van der Waals surface area contributed by atoms with Crippen molar-refractivity contribution in [1.29, 1.82) is 0 Å². The summed E-state index contributed by atoms with van der Waals surface area (Å²) in [6, 6.07) is 9.36. The second-order valence-corrected chi connectivity index (χ2v) is 7.14. The van der Waals surface area contributed by atoms with Crippen molar-refractivity contribution in [2.24, 2.45) is 5.92 Å². The summed E-state index contributed by atoms with van der Waals surface area (Å²) in [4.78, 5) is 26.2. The van der Waals surface area contributed by atoms with Crippen LogP contribution in [0.15, 0.2) is 30.3 Å². The predicted molar refractivity (Wildman–Crippen MR) is 104 cm³/mol. The summed E-state index contributed by atoms with van der Waals surface area (Å²) >= 11 is 0. The Balaban J connectivity index is 1.74. The van der Waals surface area contributed by atoms with E-state index in [0.717, 1.165) is 32.5 Å². The molecule has 150 valence electrons. The van der Waals surface area contributed by atoms with Crippen molar-refractivity contribution in [2.75, 3.05) is 32.9 Å².